The SMILES string of the molecule is O=C(Nc1ccc(-c2nccs2)cc1)N1CCN(C(=O)C2CCCO2)CC1. The summed E-state index contributed by atoms with van der Waals surface area (Å²) in [7, 11) is 0. The van der Waals surface area contributed by atoms with Crippen molar-refractivity contribution in [2.75, 3.05) is 38.1 Å². The van der Waals surface area contributed by atoms with Crippen LogP contribution in [0.5, 0.6) is 0 Å². The van der Waals surface area contributed by atoms with Crippen molar-refractivity contribution in [3.8, 4) is 10.6 Å². The Bertz CT molecular complexity index is 780. The number of carbonyl (C=O) groups excluding carboxylic acids is 2. The Morgan fingerprint density at radius 1 is 1.11 bits per heavy atom. The van der Waals surface area contributed by atoms with Crippen molar-refractivity contribution < 1.29 is 14.3 Å². The fourth-order valence-electron chi connectivity index (χ4n) is 3.37. The average Bonchev–Trinajstić information content (AvgIpc) is 3.42. The minimum Gasteiger partial charge on any atom is -0.368 e. The van der Waals surface area contributed by atoms with Gasteiger partial charge in [-0.2, -0.15) is 0 Å². The number of ether oxygens (including phenoxy) is 1. The van der Waals surface area contributed by atoms with Crippen LogP contribution in [0.1, 0.15) is 12.8 Å². The highest BCUT2D eigenvalue weighted by Gasteiger charge is 2.31. The summed E-state index contributed by atoms with van der Waals surface area (Å²) in [5.74, 6) is 0.0605. The van der Waals surface area contributed by atoms with E-state index < -0.39 is 0 Å². The Kier molecular flexibility index (Phi) is 5.35. The second kappa shape index (κ2) is 8.06. The molecule has 1 unspecified atom stereocenters. The molecule has 8 heteroatoms. The maximum Gasteiger partial charge on any atom is 0.321 e. The third-order valence-corrected chi connectivity index (χ3v) is 5.72. The van der Waals surface area contributed by atoms with Crippen LogP contribution in [0, 0.1) is 0 Å². The molecule has 0 saturated carbocycles. The number of benzene rings is 1. The monoisotopic (exact) mass is 386 g/mol. The zero-order chi connectivity index (χ0) is 18.6. The number of aromatic nitrogens is 1. The van der Waals surface area contributed by atoms with Gasteiger partial charge >= 0.3 is 6.03 Å². The minimum atomic E-state index is -0.290. The lowest BCUT2D eigenvalue weighted by atomic mass is 10.2. The number of hydrogen-bond acceptors (Lipinski definition) is 5. The van der Waals surface area contributed by atoms with Crippen molar-refractivity contribution in [3.63, 3.8) is 0 Å². The number of nitrogens with one attached hydrogen (secondary N) is 1. The normalized spacial score (nSPS) is 19.9. The van der Waals surface area contributed by atoms with Crippen LogP contribution >= 0.6 is 11.3 Å². The number of piperazine rings is 1. The standard InChI is InChI=1S/C19H22N4O3S/c24-18(16-2-1-12-26-16)22-8-10-23(11-9-22)19(25)21-15-5-3-14(4-6-15)17-20-7-13-27-17/h3-7,13,16H,1-2,8-12H2,(H,21,25). The van der Waals surface area contributed by atoms with E-state index in [4.69, 9.17) is 4.74 Å². The number of thiazole rings is 1. The average molecular weight is 386 g/mol. The second-order valence-electron chi connectivity index (χ2n) is 6.66. The number of urea groups is 1. The van der Waals surface area contributed by atoms with E-state index in [1.807, 2.05) is 34.5 Å². The summed E-state index contributed by atoms with van der Waals surface area (Å²) >= 11 is 1.58. The number of amides is 3. The largest absolute Gasteiger partial charge is 0.368 e. The van der Waals surface area contributed by atoms with Gasteiger partial charge in [-0.05, 0) is 37.1 Å². The zero-order valence-electron chi connectivity index (χ0n) is 15.0. The fraction of sp³-hybridized carbons (Fsp3) is 0.421. The summed E-state index contributed by atoms with van der Waals surface area (Å²) in [6.45, 7) is 2.83. The molecule has 3 heterocycles. The Morgan fingerprint density at radius 2 is 1.85 bits per heavy atom. The second-order valence-corrected chi connectivity index (χ2v) is 7.55. The highest BCUT2D eigenvalue weighted by Crippen LogP contribution is 2.23. The first-order valence-corrected chi connectivity index (χ1v) is 10.0. The van der Waals surface area contributed by atoms with E-state index in [0.29, 0.717) is 32.8 Å². The summed E-state index contributed by atoms with van der Waals surface area (Å²) in [5.41, 5.74) is 1.78. The van der Waals surface area contributed by atoms with Crippen molar-refractivity contribution in [2.24, 2.45) is 0 Å². The van der Waals surface area contributed by atoms with Crippen molar-refractivity contribution >= 4 is 29.0 Å². The first kappa shape index (κ1) is 17.9. The number of nitrogens with zero attached hydrogens (tertiary/aromatic N) is 3. The van der Waals surface area contributed by atoms with Crippen LogP contribution in [0.3, 0.4) is 0 Å². The van der Waals surface area contributed by atoms with Gasteiger partial charge in [0.1, 0.15) is 11.1 Å². The van der Waals surface area contributed by atoms with Crippen molar-refractivity contribution in [1.82, 2.24) is 14.8 Å². The Labute approximate surface area is 161 Å². The van der Waals surface area contributed by atoms with Gasteiger partial charge in [0, 0.05) is 55.6 Å². The van der Waals surface area contributed by atoms with Gasteiger partial charge in [-0.3, -0.25) is 4.79 Å². The molecule has 2 fully saturated rings. The third-order valence-electron chi connectivity index (χ3n) is 4.90. The topological polar surface area (TPSA) is 74.8 Å². The Morgan fingerprint density at radius 3 is 2.48 bits per heavy atom. The summed E-state index contributed by atoms with van der Waals surface area (Å²) in [6, 6.07) is 7.53. The maximum absolute atomic E-state index is 12.5. The summed E-state index contributed by atoms with van der Waals surface area (Å²) < 4.78 is 5.47. The first-order chi connectivity index (χ1) is 13.2. The number of rotatable bonds is 3. The molecule has 2 aliphatic heterocycles. The van der Waals surface area contributed by atoms with E-state index in [2.05, 4.69) is 10.3 Å². The molecule has 2 aliphatic rings. The number of anilines is 1. The molecule has 1 N–H and O–H groups in total. The molecule has 0 bridgehead atoms. The van der Waals surface area contributed by atoms with E-state index in [1.54, 1.807) is 22.4 Å². The lowest BCUT2D eigenvalue weighted by molar-refractivity contribution is -0.142. The predicted molar refractivity (Wildman–Crippen MR) is 104 cm³/mol. The molecule has 1 aromatic carbocycles. The van der Waals surface area contributed by atoms with E-state index in [1.165, 1.54) is 0 Å². The lowest BCUT2D eigenvalue weighted by Crippen LogP contribution is -2.53. The van der Waals surface area contributed by atoms with Gasteiger partial charge in [-0.1, -0.05) is 0 Å². The molecule has 4 rings (SSSR count). The van der Waals surface area contributed by atoms with Crippen LogP contribution < -0.4 is 5.32 Å². The van der Waals surface area contributed by atoms with Crippen LogP contribution in [0.4, 0.5) is 10.5 Å². The molecular weight excluding hydrogens is 364 g/mol. The van der Waals surface area contributed by atoms with Gasteiger partial charge in [0.25, 0.3) is 5.91 Å². The maximum atomic E-state index is 12.5. The van der Waals surface area contributed by atoms with Crippen molar-refractivity contribution in [2.45, 2.75) is 18.9 Å². The van der Waals surface area contributed by atoms with Gasteiger partial charge in [-0.15, -0.1) is 11.3 Å². The molecule has 0 aliphatic carbocycles. The van der Waals surface area contributed by atoms with Gasteiger partial charge in [0.05, 0.1) is 0 Å². The first-order valence-electron chi connectivity index (χ1n) is 9.17. The molecule has 3 amide bonds. The Balaban J connectivity index is 1.28. The molecule has 0 spiro atoms. The van der Waals surface area contributed by atoms with E-state index in [0.717, 1.165) is 29.1 Å². The third kappa shape index (κ3) is 4.12. The minimum absolute atomic E-state index is 0.0605. The van der Waals surface area contributed by atoms with Crippen LogP contribution in [0.2, 0.25) is 0 Å². The van der Waals surface area contributed by atoms with Crippen LogP contribution in [0.25, 0.3) is 10.6 Å². The molecule has 1 aromatic heterocycles. The fourth-order valence-corrected chi connectivity index (χ4v) is 4.02. The molecule has 7 nitrogen and oxygen atoms in total. The summed E-state index contributed by atoms with van der Waals surface area (Å²) in [4.78, 5) is 32.7. The predicted octanol–water partition coefficient (Wildman–Crippen LogP) is 2.67. The van der Waals surface area contributed by atoms with Crippen LogP contribution in [-0.4, -0.2) is 65.6 Å². The van der Waals surface area contributed by atoms with Crippen molar-refractivity contribution in [1.29, 1.82) is 0 Å². The van der Waals surface area contributed by atoms with Gasteiger partial charge in [0.15, 0.2) is 0 Å². The molecular formula is C19H22N4O3S. The summed E-state index contributed by atoms with van der Waals surface area (Å²) in [5, 5.41) is 5.82. The smallest absolute Gasteiger partial charge is 0.321 e. The quantitative estimate of drug-likeness (QED) is 0.880. The van der Waals surface area contributed by atoms with E-state index in [9.17, 15) is 9.59 Å². The number of carbonyl (C=O) groups is 2. The number of hydrogen-bond donors (Lipinski definition) is 1. The van der Waals surface area contributed by atoms with Gasteiger partial charge < -0.3 is 19.9 Å². The van der Waals surface area contributed by atoms with Crippen molar-refractivity contribution in [3.05, 3.63) is 35.8 Å². The summed E-state index contributed by atoms with van der Waals surface area (Å²) in [6.07, 6.45) is 3.23. The Hall–Kier alpha value is -2.45. The van der Waals surface area contributed by atoms with Gasteiger partial charge in [-0.25, -0.2) is 9.78 Å². The van der Waals surface area contributed by atoms with Crippen LogP contribution in [0.15, 0.2) is 35.8 Å². The molecule has 2 saturated heterocycles. The highest BCUT2D eigenvalue weighted by molar-refractivity contribution is 7.13. The van der Waals surface area contributed by atoms with E-state index in [-0.39, 0.29) is 18.0 Å². The molecule has 2 aromatic rings. The molecule has 1 atom stereocenters. The highest BCUT2D eigenvalue weighted by atomic mass is 32.1. The molecule has 27 heavy (non-hydrogen) atoms. The molecule has 142 valence electrons. The van der Waals surface area contributed by atoms with Gasteiger partial charge in [0.2, 0.25) is 0 Å². The lowest BCUT2D eigenvalue weighted by Gasteiger charge is -2.35. The van der Waals surface area contributed by atoms with Crippen LogP contribution in [-0.2, 0) is 9.53 Å². The zero-order valence-corrected chi connectivity index (χ0v) is 15.8. The molecule has 0 radical (unpaired) electrons. The van der Waals surface area contributed by atoms with E-state index >= 15 is 0 Å².